The minimum atomic E-state index is -3.46. The van der Waals surface area contributed by atoms with Crippen LogP contribution >= 0.6 is 23.2 Å². The van der Waals surface area contributed by atoms with E-state index in [4.69, 9.17) is 28.3 Å². The van der Waals surface area contributed by atoms with Crippen LogP contribution in [-0.4, -0.2) is 49.4 Å². The summed E-state index contributed by atoms with van der Waals surface area (Å²) in [6.45, 7) is -1.17. The van der Waals surface area contributed by atoms with E-state index in [-0.39, 0.29) is 10.5 Å². The number of ether oxygens (including phenoxy) is 1. The summed E-state index contributed by atoms with van der Waals surface area (Å²) < 4.78 is 40.7. The standard InChI is InChI=1S/C13H14Cl2FNO6S/c1-24(21,22)8-4-2-7(3-5-8)10(23-13(19)20)9(6-16)17-12(18)11(14)15/h2-5,9-11H,6H2,1H3,(H,17,18)(H,19,20)/t9-,10-/m1/s1. The summed E-state index contributed by atoms with van der Waals surface area (Å²) in [7, 11) is -3.46. The van der Waals surface area contributed by atoms with Gasteiger partial charge in [-0.2, -0.15) is 0 Å². The van der Waals surface area contributed by atoms with Crippen molar-refractivity contribution in [3.63, 3.8) is 0 Å². The Balaban J connectivity index is 3.15. The summed E-state index contributed by atoms with van der Waals surface area (Å²) in [5.41, 5.74) is 0.147. The lowest BCUT2D eigenvalue weighted by Gasteiger charge is -2.25. The molecule has 134 valence electrons. The van der Waals surface area contributed by atoms with Gasteiger partial charge in [-0.25, -0.2) is 17.6 Å². The number of carbonyl (C=O) groups excluding carboxylic acids is 1. The quantitative estimate of drug-likeness (QED) is 0.534. The number of sulfone groups is 1. The summed E-state index contributed by atoms with van der Waals surface area (Å²) in [6, 6.07) is 3.56. The van der Waals surface area contributed by atoms with Crippen molar-refractivity contribution in [2.24, 2.45) is 0 Å². The molecule has 1 amide bonds. The minimum absolute atomic E-state index is 0.0114. The van der Waals surface area contributed by atoms with Crippen LogP contribution < -0.4 is 5.32 Å². The first-order chi connectivity index (χ1) is 11.1. The highest BCUT2D eigenvalue weighted by Gasteiger charge is 2.30. The van der Waals surface area contributed by atoms with Crippen LogP contribution in [0.25, 0.3) is 0 Å². The average Bonchev–Trinajstić information content (AvgIpc) is 2.49. The molecule has 0 aromatic heterocycles. The second-order valence-electron chi connectivity index (χ2n) is 4.72. The molecular formula is C13H14Cl2FNO6S. The number of halogens is 3. The molecule has 0 bridgehead atoms. The SMILES string of the molecule is CS(=O)(=O)c1ccc([C@@H](OC(=O)O)[C@@H](CF)NC(=O)C(Cl)Cl)cc1. The van der Waals surface area contributed by atoms with E-state index in [1.54, 1.807) is 0 Å². The van der Waals surface area contributed by atoms with Crippen LogP contribution in [0.3, 0.4) is 0 Å². The lowest BCUT2D eigenvalue weighted by Crippen LogP contribution is -2.44. The Hall–Kier alpha value is -1.58. The Labute approximate surface area is 147 Å². The van der Waals surface area contributed by atoms with E-state index < -0.39 is 45.6 Å². The van der Waals surface area contributed by atoms with E-state index in [9.17, 15) is 22.4 Å². The first-order valence-electron chi connectivity index (χ1n) is 6.40. The molecule has 0 saturated heterocycles. The van der Waals surface area contributed by atoms with Crippen molar-refractivity contribution in [2.45, 2.75) is 21.9 Å². The zero-order valence-electron chi connectivity index (χ0n) is 12.3. The highest BCUT2D eigenvalue weighted by Crippen LogP contribution is 2.24. The van der Waals surface area contributed by atoms with Crippen molar-refractivity contribution in [3.8, 4) is 0 Å². The largest absolute Gasteiger partial charge is 0.506 e. The molecule has 2 atom stereocenters. The maximum atomic E-state index is 13.3. The van der Waals surface area contributed by atoms with Crippen LogP contribution in [0, 0.1) is 0 Å². The molecule has 7 nitrogen and oxygen atoms in total. The Kier molecular flexibility index (Phi) is 7.25. The fourth-order valence-electron chi connectivity index (χ4n) is 1.84. The summed E-state index contributed by atoms with van der Waals surface area (Å²) in [5.74, 6) is -0.923. The number of nitrogens with one attached hydrogen (secondary N) is 1. The fraction of sp³-hybridized carbons (Fsp3) is 0.385. The van der Waals surface area contributed by atoms with Crippen molar-refractivity contribution in [1.29, 1.82) is 0 Å². The van der Waals surface area contributed by atoms with E-state index in [0.29, 0.717) is 0 Å². The van der Waals surface area contributed by atoms with E-state index in [0.717, 1.165) is 6.26 Å². The van der Waals surface area contributed by atoms with Gasteiger partial charge >= 0.3 is 6.16 Å². The Bertz CT molecular complexity index is 695. The molecule has 0 aliphatic heterocycles. The van der Waals surface area contributed by atoms with Gasteiger partial charge in [-0.05, 0) is 17.7 Å². The first-order valence-corrected chi connectivity index (χ1v) is 9.16. The van der Waals surface area contributed by atoms with Crippen molar-refractivity contribution in [2.75, 3.05) is 12.9 Å². The van der Waals surface area contributed by atoms with Crippen LogP contribution in [0.2, 0.25) is 0 Å². The average molecular weight is 402 g/mol. The van der Waals surface area contributed by atoms with Crippen molar-refractivity contribution < 1.29 is 32.2 Å². The van der Waals surface area contributed by atoms with Gasteiger partial charge in [0.25, 0.3) is 5.91 Å². The molecule has 0 fully saturated rings. The molecule has 1 aromatic rings. The molecule has 1 aromatic carbocycles. The molecule has 1 rings (SSSR count). The zero-order chi connectivity index (χ0) is 18.5. The van der Waals surface area contributed by atoms with Crippen LogP contribution in [-0.2, 0) is 19.4 Å². The number of alkyl halides is 3. The maximum absolute atomic E-state index is 13.3. The normalized spacial score (nSPS) is 14.0. The molecule has 0 aliphatic rings. The van der Waals surface area contributed by atoms with E-state index in [1.807, 2.05) is 0 Å². The van der Waals surface area contributed by atoms with E-state index in [2.05, 4.69) is 10.1 Å². The molecule has 0 aliphatic carbocycles. The first kappa shape index (κ1) is 20.5. The number of carbonyl (C=O) groups is 2. The fourth-order valence-corrected chi connectivity index (χ4v) is 2.59. The molecule has 11 heteroatoms. The van der Waals surface area contributed by atoms with Gasteiger partial charge < -0.3 is 15.2 Å². The highest BCUT2D eigenvalue weighted by molar-refractivity contribution is 7.90. The number of benzene rings is 1. The molecule has 0 saturated carbocycles. The Morgan fingerprint density at radius 2 is 1.83 bits per heavy atom. The lowest BCUT2D eigenvalue weighted by molar-refractivity contribution is -0.121. The van der Waals surface area contributed by atoms with Gasteiger partial charge in [-0.1, -0.05) is 35.3 Å². The number of hydrogen-bond acceptors (Lipinski definition) is 5. The van der Waals surface area contributed by atoms with Gasteiger partial charge in [0.1, 0.15) is 6.67 Å². The van der Waals surface area contributed by atoms with Gasteiger partial charge in [-0.3, -0.25) is 4.79 Å². The molecular weight excluding hydrogens is 388 g/mol. The Morgan fingerprint density at radius 3 is 2.21 bits per heavy atom. The summed E-state index contributed by atoms with van der Waals surface area (Å²) in [5, 5.41) is 10.9. The van der Waals surface area contributed by atoms with E-state index >= 15 is 0 Å². The maximum Gasteiger partial charge on any atom is 0.506 e. The van der Waals surface area contributed by atoms with Crippen LogP contribution in [0.15, 0.2) is 29.2 Å². The summed E-state index contributed by atoms with van der Waals surface area (Å²) in [4.78, 5) is 20.9. The monoisotopic (exact) mass is 401 g/mol. The molecule has 2 N–H and O–H groups in total. The number of carboxylic acid groups (broad SMARTS) is 1. The minimum Gasteiger partial charge on any atom is -0.450 e. The van der Waals surface area contributed by atoms with Crippen LogP contribution in [0.5, 0.6) is 0 Å². The molecule has 24 heavy (non-hydrogen) atoms. The summed E-state index contributed by atoms with van der Waals surface area (Å²) in [6.07, 6.45) is -2.12. The predicted molar refractivity (Wildman–Crippen MR) is 84.8 cm³/mol. The second kappa shape index (κ2) is 8.50. The summed E-state index contributed by atoms with van der Waals surface area (Å²) >= 11 is 10.7. The zero-order valence-corrected chi connectivity index (χ0v) is 14.6. The topological polar surface area (TPSA) is 110 Å². The van der Waals surface area contributed by atoms with Crippen molar-refractivity contribution >= 4 is 45.1 Å². The van der Waals surface area contributed by atoms with Crippen LogP contribution in [0.1, 0.15) is 11.7 Å². The molecule has 0 radical (unpaired) electrons. The molecule has 0 spiro atoms. The van der Waals surface area contributed by atoms with Gasteiger partial charge in [0, 0.05) is 6.26 Å². The lowest BCUT2D eigenvalue weighted by atomic mass is 10.0. The van der Waals surface area contributed by atoms with Gasteiger partial charge in [0.05, 0.1) is 10.9 Å². The van der Waals surface area contributed by atoms with Crippen molar-refractivity contribution in [1.82, 2.24) is 5.32 Å². The number of hydrogen-bond donors (Lipinski definition) is 2. The third-order valence-corrected chi connectivity index (χ3v) is 4.45. The highest BCUT2D eigenvalue weighted by atomic mass is 35.5. The molecule has 0 heterocycles. The predicted octanol–water partition coefficient (Wildman–Crippen LogP) is 2.08. The van der Waals surface area contributed by atoms with Gasteiger partial charge in [-0.15, -0.1) is 0 Å². The second-order valence-corrected chi connectivity index (χ2v) is 7.83. The Morgan fingerprint density at radius 1 is 1.29 bits per heavy atom. The van der Waals surface area contributed by atoms with E-state index in [1.165, 1.54) is 24.3 Å². The third kappa shape index (κ3) is 5.81. The molecule has 0 unspecified atom stereocenters. The van der Waals surface area contributed by atoms with Crippen LogP contribution in [0.4, 0.5) is 9.18 Å². The smallest absolute Gasteiger partial charge is 0.450 e. The number of amides is 1. The third-order valence-electron chi connectivity index (χ3n) is 2.92. The van der Waals surface area contributed by atoms with Crippen molar-refractivity contribution in [3.05, 3.63) is 29.8 Å². The van der Waals surface area contributed by atoms with Gasteiger partial charge in [0.15, 0.2) is 20.8 Å². The number of rotatable bonds is 7. The van der Waals surface area contributed by atoms with Gasteiger partial charge in [0.2, 0.25) is 0 Å².